The molecule has 0 aliphatic heterocycles. The first-order valence-corrected chi connectivity index (χ1v) is 6.30. The first kappa shape index (κ1) is 14.6. The van der Waals surface area contributed by atoms with Crippen LogP contribution in [0.4, 0.5) is 10.1 Å². The van der Waals surface area contributed by atoms with Crippen LogP contribution < -0.4 is 5.32 Å². The molecule has 1 amide bonds. The van der Waals surface area contributed by atoms with Gasteiger partial charge in [0.1, 0.15) is 5.82 Å². The molecule has 1 N–H and O–H groups in total. The Balaban J connectivity index is 2.21. The van der Waals surface area contributed by atoms with E-state index >= 15 is 0 Å². The summed E-state index contributed by atoms with van der Waals surface area (Å²) < 4.78 is 18.5. The summed E-state index contributed by atoms with van der Waals surface area (Å²) in [7, 11) is 0. The Labute approximate surface area is 120 Å². The van der Waals surface area contributed by atoms with Gasteiger partial charge in [-0.25, -0.2) is 9.18 Å². The number of anilines is 1. The van der Waals surface area contributed by atoms with E-state index in [0.717, 1.165) is 6.07 Å². The van der Waals surface area contributed by atoms with E-state index in [-0.39, 0.29) is 17.9 Å². The molecule has 0 saturated carbocycles. The highest BCUT2D eigenvalue weighted by molar-refractivity contribution is 6.04. The number of benzene rings is 1. The summed E-state index contributed by atoms with van der Waals surface area (Å²) in [5.41, 5.74) is 0.368. The third-order valence-electron chi connectivity index (χ3n) is 2.65. The van der Waals surface area contributed by atoms with Crippen molar-refractivity contribution in [3.63, 3.8) is 0 Å². The number of esters is 1. The van der Waals surface area contributed by atoms with Crippen molar-refractivity contribution in [1.82, 2.24) is 4.98 Å². The summed E-state index contributed by atoms with van der Waals surface area (Å²) in [6, 6.07) is 6.79. The lowest BCUT2D eigenvalue weighted by atomic mass is 10.2. The van der Waals surface area contributed by atoms with Gasteiger partial charge in [-0.2, -0.15) is 0 Å². The molecule has 0 atom stereocenters. The van der Waals surface area contributed by atoms with Crippen LogP contribution in [-0.4, -0.2) is 23.5 Å². The first-order chi connectivity index (χ1) is 10.1. The summed E-state index contributed by atoms with van der Waals surface area (Å²) in [5, 5.41) is 2.40. The zero-order valence-electron chi connectivity index (χ0n) is 11.3. The number of carbonyl (C=O) groups excluding carboxylic acids is 2. The van der Waals surface area contributed by atoms with Gasteiger partial charge in [-0.3, -0.25) is 9.78 Å². The van der Waals surface area contributed by atoms with E-state index in [4.69, 9.17) is 4.74 Å². The Hall–Kier alpha value is -2.76. The number of nitrogens with zero attached hydrogens (tertiary/aromatic N) is 1. The number of ether oxygens (including phenoxy) is 1. The quantitative estimate of drug-likeness (QED) is 0.878. The monoisotopic (exact) mass is 288 g/mol. The van der Waals surface area contributed by atoms with Gasteiger partial charge in [-0.05, 0) is 37.3 Å². The van der Waals surface area contributed by atoms with Gasteiger partial charge in [0, 0.05) is 12.4 Å². The van der Waals surface area contributed by atoms with Crippen molar-refractivity contribution in [2.45, 2.75) is 6.92 Å². The third-order valence-corrected chi connectivity index (χ3v) is 2.65. The lowest BCUT2D eigenvalue weighted by molar-refractivity contribution is 0.0526. The molecular formula is C15H13FN2O3. The van der Waals surface area contributed by atoms with Crippen molar-refractivity contribution in [2.24, 2.45) is 0 Å². The van der Waals surface area contributed by atoms with Gasteiger partial charge in [0.15, 0.2) is 0 Å². The molecule has 1 heterocycles. The van der Waals surface area contributed by atoms with E-state index in [1.165, 1.54) is 24.5 Å². The molecule has 0 unspecified atom stereocenters. The molecule has 0 fully saturated rings. The minimum atomic E-state index is -0.639. The number of hydrogen-bond acceptors (Lipinski definition) is 4. The van der Waals surface area contributed by atoms with Crippen molar-refractivity contribution in [3.8, 4) is 0 Å². The van der Waals surface area contributed by atoms with Crippen LogP contribution in [-0.2, 0) is 4.74 Å². The average molecular weight is 288 g/mol. The number of aromatic nitrogens is 1. The van der Waals surface area contributed by atoms with Crippen LogP contribution in [0.15, 0.2) is 42.7 Å². The highest BCUT2D eigenvalue weighted by Gasteiger charge is 2.13. The Bertz CT molecular complexity index is 659. The van der Waals surface area contributed by atoms with Gasteiger partial charge >= 0.3 is 5.97 Å². The molecule has 0 spiro atoms. The maximum Gasteiger partial charge on any atom is 0.338 e. The van der Waals surface area contributed by atoms with Gasteiger partial charge in [-0.15, -0.1) is 0 Å². The number of halogens is 1. The minimum Gasteiger partial charge on any atom is -0.462 e. The Morgan fingerprint density at radius 1 is 1.29 bits per heavy atom. The fraction of sp³-hybridized carbons (Fsp3) is 0.133. The fourth-order valence-electron chi connectivity index (χ4n) is 1.65. The van der Waals surface area contributed by atoms with E-state index in [1.807, 2.05) is 0 Å². The van der Waals surface area contributed by atoms with Crippen LogP contribution in [0.5, 0.6) is 0 Å². The Kier molecular flexibility index (Phi) is 4.61. The molecule has 1 aromatic carbocycles. The average Bonchev–Trinajstić information content (AvgIpc) is 2.50. The molecule has 108 valence electrons. The van der Waals surface area contributed by atoms with Gasteiger partial charge in [0.25, 0.3) is 5.91 Å². The summed E-state index contributed by atoms with van der Waals surface area (Å²) in [4.78, 5) is 27.3. The zero-order valence-corrected chi connectivity index (χ0v) is 11.3. The molecule has 1 aromatic heterocycles. The van der Waals surface area contributed by atoms with Crippen LogP contribution in [0.1, 0.15) is 27.6 Å². The molecule has 2 rings (SSSR count). The molecule has 0 radical (unpaired) electrons. The normalized spacial score (nSPS) is 10.0. The lowest BCUT2D eigenvalue weighted by Gasteiger charge is -2.08. The van der Waals surface area contributed by atoms with Gasteiger partial charge < -0.3 is 10.1 Å². The number of amides is 1. The van der Waals surface area contributed by atoms with E-state index in [2.05, 4.69) is 10.3 Å². The van der Waals surface area contributed by atoms with Gasteiger partial charge in [0.05, 0.1) is 23.4 Å². The summed E-state index contributed by atoms with van der Waals surface area (Å²) in [6.45, 7) is 1.89. The largest absolute Gasteiger partial charge is 0.462 e. The van der Waals surface area contributed by atoms with E-state index in [9.17, 15) is 14.0 Å². The second-order valence-corrected chi connectivity index (χ2v) is 4.11. The maximum absolute atomic E-state index is 13.7. The third kappa shape index (κ3) is 3.62. The minimum absolute atomic E-state index is 0.0885. The van der Waals surface area contributed by atoms with Crippen molar-refractivity contribution >= 4 is 17.6 Å². The van der Waals surface area contributed by atoms with Crippen LogP contribution >= 0.6 is 0 Å². The van der Waals surface area contributed by atoms with Crippen LogP contribution in [0.3, 0.4) is 0 Å². The topological polar surface area (TPSA) is 68.3 Å². The first-order valence-electron chi connectivity index (χ1n) is 6.30. The summed E-state index contributed by atoms with van der Waals surface area (Å²) >= 11 is 0. The molecule has 21 heavy (non-hydrogen) atoms. The molecule has 0 bridgehead atoms. The van der Waals surface area contributed by atoms with Crippen LogP contribution in [0.2, 0.25) is 0 Å². The van der Waals surface area contributed by atoms with Crippen molar-refractivity contribution in [3.05, 3.63) is 59.7 Å². The van der Waals surface area contributed by atoms with Crippen molar-refractivity contribution in [1.29, 1.82) is 0 Å². The number of rotatable bonds is 4. The molecular weight excluding hydrogens is 275 g/mol. The molecule has 6 heteroatoms. The summed E-state index contributed by atoms with van der Waals surface area (Å²) in [5.74, 6) is -1.72. The van der Waals surface area contributed by atoms with Crippen molar-refractivity contribution in [2.75, 3.05) is 11.9 Å². The molecule has 0 saturated heterocycles. The molecule has 0 aliphatic rings. The second-order valence-electron chi connectivity index (χ2n) is 4.11. The highest BCUT2D eigenvalue weighted by atomic mass is 19.1. The summed E-state index contributed by atoms with van der Waals surface area (Å²) in [6.07, 6.45) is 2.89. The lowest BCUT2D eigenvalue weighted by Crippen LogP contribution is -2.14. The number of hydrogen-bond donors (Lipinski definition) is 1. The Morgan fingerprint density at radius 3 is 2.76 bits per heavy atom. The number of pyridine rings is 1. The standard InChI is InChI=1S/C15H13FN2O3/c1-2-21-15(20)10-5-6-12(16)13(8-10)18-14(19)11-4-3-7-17-9-11/h3-9H,2H2,1H3,(H,18,19). The maximum atomic E-state index is 13.7. The van der Waals surface area contributed by atoms with E-state index in [1.54, 1.807) is 19.1 Å². The predicted octanol–water partition coefficient (Wildman–Crippen LogP) is 2.65. The number of nitrogens with one attached hydrogen (secondary N) is 1. The van der Waals surface area contributed by atoms with Gasteiger partial charge in [0.2, 0.25) is 0 Å². The number of carbonyl (C=O) groups is 2. The highest BCUT2D eigenvalue weighted by Crippen LogP contribution is 2.18. The SMILES string of the molecule is CCOC(=O)c1ccc(F)c(NC(=O)c2cccnc2)c1. The molecule has 2 aromatic rings. The Morgan fingerprint density at radius 2 is 2.10 bits per heavy atom. The second kappa shape index (κ2) is 6.60. The van der Waals surface area contributed by atoms with Crippen LogP contribution in [0, 0.1) is 5.82 Å². The molecule has 5 nitrogen and oxygen atoms in total. The van der Waals surface area contributed by atoms with E-state index < -0.39 is 17.7 Å². The van der Waals surface area contributed by atoms with Gasteiger partial charge in [-0.1, -0.05) is 0 Å². The van der Waals surface area contributed by atoms with Crippen LogP contribution in [0.25, 0.3) is 0 Å². The zero-order chi connectivity index (χ0) is 15.2. The fourth-order valence-corrected chi connectivity index (χ4v) is 1.65. The van der Waals surface area contributed by atoms with E-state index in [0.29, 0.717) is 5.56 Å². The molecule has 0 aliphatic carbocycles. The smallest absolute Gasteiger partial charge is 0.338 e. The predicted molar refractivity (Wildman–Crippen MR) is 74.5 cm³/mol. The van der Waals surface area contributed by atoms with Crippen molar-refractivity contribution < 1.29 is 18.7 Å².